The van der Waals surface area contributed by atoms with Crippen molar-refractivity contribution in [2.24, 2.45) is 5.73 Å². The molecule has 13 heavy (non-hydrogen) atoms. The summed E-state index contributed by atoms with van der Waals surface area (Å²) in [5.74, 6) is 0. The molecule has 1 unspecified atom stereocenters. The molecule has 1 atom stereocenters. The number of hydrogen-bond acceptors (Lipinski definition) is 3. The summed E-state index contributed by atoms with van der Waals surface area (Å²) in [6, 6.07) is -1.55. The van der Waals surface area contributed by atoms with Gasteiger partial charge in [0.2, 0.25) is 0 Å². The highest BCUT2D eigenvalue weighted by Gasteiger charge is 2.24. The van der Waals surface area contributed by atoms with Gasteiger partial charge in [0.05, 0.1) is 6.04 Å². The van der Waals surface area contributed by atoms with Crippen molar-refractivity contribution in [3.8, 4) is 0 Å². The number of rotatable bonds is 2. The second-order valence-corrected chi connectivity index (χ2v) is 2.95. The molecule has 3 nitrogen and oxygen atoms in total. The Morgan fingerprint density at radius 3 is 2.08 bits per heavy atom. The zero-order chi connectivity index (χ0) is 10.0. The highest BCUT2D eigenvalue weighted by atomic mass is 35.5. The largest absolute Gasteiger partial charge is 0.319 e. The van der Waals surface area contributed by atoms with E-state index in [9.17, 15) is 8.78 Å². The van der Waals surface area contributed by atoms with Gasteiger partial charge in [-0.15, -0.1) is 0 Å². The van der Waals surface area contributed by atoms with E-state index < -0.39 is 12.5 Å². The Morgan fingerprint density at radius 2 is 1.69 bits per heavy atom. The Balaban J connectivity index is 3.12. The summed E-state index contributed by atoms with van der Waals surface area (Å²) in [5, 5.41) is -0.291. The van der Waals surface area contributed by atoms with Crippen LogP contribution in [0, 0.1) is 0 Å². The normalized spacial score (nSPS) is 13.4. The zero-order valence-corrected chi connectivity index (χ0v) is 7.73. The Labute approximate surface area is 82.9 Å². The maximum atomic E-state index is 12.2. The highest BCUT2D eigenvalue weighted by Crippen LogP contribution is 2.28. The fourth-order valence-electron chi connectivity index (χ4n) is 0.755. The molecular formula is C6H5Cl2F2N3. The summed E-state index contributed by atoms with van der Waals surface area (Å²) < 4.78 is 24.4. The van der Waals surface area contributed by atoms with Gasteiger partial charge in [0.25, 0.3) is 6.43 Å². The van der Waals surface area contributed by atoms with Crippen LogP contribution in [0.3, 0.4) is 0 Å². The minimum Gasteiger partial charge on any atom is -0.319 e. The molecule has 0 amide bonds. The molecule has 0 radical (unpaired) electrons. The monoisotopic (exact) mass is 227 g/mol. The van der Waals surface area contributed by atoms with Crippen LogP contribution in [0.1, 0.15) is 11.6 Å². The molecule has 0 aliphatic carbocycles. The smallest absolute Gasteiger partial charge is 0.257 e. The topological polar surface area (TPSA) is 51.8 Å². The summed E-state index contributed by atoms with van der Waals surface area (Å²) >= 11 is 11.0. The number of halogens is 4. The lowest BCUT2D eigenvalue weighted by molar-refractivity contribution is 0.116. The van der Waals surface area contributed by atoms with Gasteiger partial charge in [0.1, 0.15) is 16.6 Å². The van der Waals surface area contributed by atoms with Crippen LogP contribution < -0.4 is 5.73 Å². The summed E-state index contributed by atoms with van der Waals surface area (Å²) in [4.78, 5) is 7.00. The number of hydrogen-bond donors (Lipinski definition) is 1. The van der Waals surface area contributed by atoms with Gasteiger partial charge in [0.15, 0.2) is 0 Å². The van der Waals surface area contributed by atoms with Crippen LogP contribution in [0.15, 0.2) is 6.33 Å². The molecule has 0 aliphatic heterocycles. The first kappa shape index (κ1) is 10.6. The summed E-state index contributed by atoms with van der Waals surface area (Å²) in [5.41, 5.74) is 5.02. The lowest BCUT2D eigenvalue weighted by Crippen LogP contribution is -2.20. The van der Waals surface area contributed by atoms with E-state index >= 15 is 0 Å². The maximum Gasteiger partial charge on any atom is 0.257 e. The third-order valence-electron chi connectivity index (χ3n) is 1.39. The Kier molecular flexibility index (Phi) is 3.35. The Morgan fingerprint density at radius 1 is 1.23 bits per heavy atom. The molecular weight excluding hydrogens is 223 g/mol. The number of nitrogens with two attached hydrogens (primary N) is 1. The van der Waals surface area contributed by atoms with Crippen molar-refractivity contribution in [3.63, 3.8) is 0 Å². The van der Waals surface area contributed by atoms with E-state index in [-0.39, 0.29) is 15.9 Å². The molecule has 2 N–H and O–H groups in total. The molecule has 1 aromatic heterocycles. The summed E-state index contributed by atoms with van der Waals surface area (Å²) in [6.45, 7) is 0. The third kappa shape index (κ3) is 2.24. The molecule has 0 bridgehead atoms. The highest BCUT2D eigenvalue weighted by molar-refractivity contribution is 6.34. The quantitative estimate of drug-likeness (QED) is 0.788. The van der Waals surface area contributed by atoms with Crippen molar-refractivity contribution in [2.45, 2.75) is 12.5 Å². The van der Waals surface area contributed by atoms with Crippen LogP contribution in [0.2, 0.25) is 10.3 Å². The number of alkyl halides is 2. The van der Waals surface area contributed by atoms with E-state index in [0.29, 0.717) is 0 Å². The minimum atomic E-state index is -2.75. The predicted octanol–water partition coefficient (Wildman–Crippen LogP) is 2.05. The maximum absolute atomic E-state index is 12.2. The van der Waals surface area contributed by atoms with Gasteiger partial charge in [-0.05, 0) is 0 Å². The Hall–Kier alpha value is -0.520. The van der Waals surface area contributed by atoms with E-state index in [2.05, 4.69) is 9.97 Å². The van der Waals surface area contributed by atoms with Crippen LogP contribution in [-0.2, 0) is 0 Å². The van der Waals surface area contributed by atoms with Crippen molar-refractivity contribution in [2.75, 3.05) is 0 Å². The molecule has 1 aromatic rings. The summed E-state index contributed by atoms with van der Waals surface area (Å²) in [7, 11) is 0. The van der Waals surface area contributed by atoms with E-state index in [1.54, 1.807) is 0 Å². The third-order valence-corrected chi connectivity index (χ3v) is 1.99. The first-order valence-electron chi connectivity index (χ1n) is 3.23. The molecule has 1 heterocycles. The van der Waals surface area contributed by atoms with Crippen LogP contribution in [-0.4, -0.2) is 16.4 Å². The predicted molar refractivity (Wildman–Crippen MR) is 45.0 cm³/mol. The van der Waals surface area contributed by atoms with Crippen molar-refractivity contribution < 1.29 is 8.78 Å². The molecule has 1 rings (SSSR count). The fourth-order valence-corrected chi connectivity index (χ4v) is 1.32. The molecule has 0 spiro atoms. The molecule has 0 aromatic carbocycles. The van der Waals surface area contributed by atoms with E-state index in [1.165, 1.54) is 0 Å². The van der Waals surface area contributed by atoms with Gasteiger partial charge in [0, 0.05) is 5.56 Å². The standard InChI is InChI=1S/C6H5Cl2F2N3/c7-4-2(3(11)6(9)10)5(8)13-1-12-4/h1,3,6H,11H2. The minimum absolute atomic E-state index is 0.124. The second kappa shape index (κ2) is 4.13. The van der Waals surface area contributed by atoms with Gasteiger partial charge in [-0.1, -0.05) is 23.2 Å². The van der Waals surface area contributed by atoms with E-state index in [1.807, 2.05) is 0 Å². The van der Waals surface area contributed by atoms with Crippen molar-refractivity contribution >= 4 is 23.2 Å². The zero-order valence-electron chi connectivity index (χ0n) is 6.22. The van der Waals surface area contributed by atoms with Crippen molar-refractivity contribution in [1.29, 1.82) is 0 Å². The molecule has 0 fully saturated rings. The van der Waals surface area contributed by atoms with Gasteiger partial charge >= 0.3 is 0 Å². The average molecular weight is 228 g/mol. The molecule has 7 heteroatoms. The molecule has 72 valence electrons. The summed E-state index contributed by atoms with van der Waals surface area (Å²) in [6.07, 6.45) is -1.67. The SMILES string of the molecule is NC(c1c(Cl)ncnc1Cl)C(F)F. The van der Waals surface area contributed by atoms with Gasteiger partial charge in [-0.25, -0.2) is 18.7 Å². The molecule has 0 saturated carbocycles. The van der Waals surface area contributed by atoms with Crippen LogP contribution in [0.4, 0.5) is 8.78 Å². The van der Waals surface area contributed by atoms with E-state index in [0.717, 1.165) is 6.33 Å². The van der Waals surface area contributed by atoms with E-state index in [4.69, 9.17) is 28.9 Å². The van der Waals surface area contributed by atoms with Gasteiger partial charge < -0.3 is 5.73 Å². The number of aromatic nitrogens is 2. The van der Waals surface area contributed by atoms with Crippen LogP contribution in [0.25, 0.3) is 0 Å². The van der Waals surface area contributed by atoms with Gasteiger partial charge in [-0.2, -0.15) is 0 Å². The average Bonchev–Trinajstić information content (AvgIpc) is 2.03. The second-order valence-electron chi connectivity index (χ2n) is 2.23. The lowest BCUT2D eigenvalue weighted by atomic mass is 10.2. The molecule has 0 saturated heterocycles. The van der Waals surface area contributed by atoms with Crippen molar-refractivity contribution in [3.05, 3.63) is 22.2 Å². The van der Waals surface area contributed by atoms with Crippen molar-refractivity contribution in [1.82, 2.24) is 9.97 Å². The lowest BCUT2D eigenvalue weighted by Gasteiger charge is -2.12. The van der Waals surface area contributed by atoms with Crippen LogP contribution >= 0.6 is 23.2 Å². The first-order valence-corrected chi connectivity index (χ1v) is 3.99. The Bertz CT molecular complexity index is 288. The fraction of sp³-hybridized carbons (Fsp3) is 0.333. The first-order chi connectivity index (χ1) is 6.04. The number of nitrogens with zero attached hydrogens (tertiary/aromatic N) is 2. The van der Waals surface area contributed by atoms with Crippen LogP contribution in [0.5, 0.6) is 0 Å². The molecule has 0 aliphatic rings. The van der Waals surface area contributed by atoms with Gasteiger partial charge in [-0.3, -0.25) is 0 Å².